The minimum atomic E-state index is -0.511. The van der Waals surface area contributed by atoms with Crippen molar-refractivity contribution in [2.75, 3.05) is 19.6 Å². The molecule has 1 aliphatic heterocycles. The molecule has 1 unspecified atom stereocenters. The number of carbonyl (C=O) groups excluding carboxylic acids is 2. The van der Waals surface area contributed by atoms with Gasteiger partial charge in [-0.2, -0.15) is 0 Å². The van der Waals surface area contributed by atoms with E-state index in [4.69, 9.17) is 18.0 Å². The first-order valence-electron chi connectivity index (χ1n) is 4.88. The van der Waals surface area contributed by atoms with Crippen molar-refractivity contribution in [2.24, 2.45) is 5.73 Å². The average Bonchev–Trinajstić information content (AvgIpc) is 2.21. The van der Waals surface area contributed by atoms with Crippen LogP contribution in [0.1, 0.15) is 13.8 Å². The molecule has 1 atom stereocenters. The molecule has 0 saturated carbocycles. The van der Waals surface area contributed by atoms with Gasteiger partial charge in [-0.3, -0.25) is 9.59 Å². The molecule has 1 aliphatic rings. The molecule has 1 saturated heterocycles. The van der Waals surface area contributed by atoms with Gasteiger partial charge in [-0.25, -0.2) is 0 Å². The summed E-state index contributed by atoms with van der Waals surface area (Å²) in [5.74, 6) is -0.977. The van der Waals surface area contributed by atoms with Gasteiger partial charge in [0.05, 0.1) is 11.0 Å². The summed E-state index contributed by atoms with van der Waals surface area (Å²) in [6.07, 6.45) is 0. The van der Waals surface area contributed by atoms with Gasteiger partial charge >= 0.3 is 11.8 Å². The van der Waals surface area contributed by atoms with E-state index in [0.717, 1.165) is 0 Å². The van der Waals surface area contributed by atoms with Crippen molar-refractivity contribution < 1.29 is 9.59 Å². The smallest absolute Gasteiger partial charge is 0.312 e. The minimum Gasteiger partial charge on any atom is -0.392 e. The maximum Gasteiger partial charge on any atom is 0.312 e. The van der Waals surface area contributed by atoms with Gasteiger partial charge in [-0.15, -0.1) is 0 Å². The molecule has 0 aliphatic carbocycles. The Morgan fingerprint density at radius 1 is 1.47 bits per heavy atom. The lowest BCUT2D eigenvalue weighted by Crippen LogP contribution is -2.58. The van der Waals surface area contributed by atoms with Gasteiger partial charge < -0.3 is 15.5 Å². The van der Waals surface area contributed by atoms with E-state index in [1.165, 1.54) is 9.80 Å². The zero-order valence-electron chi connectivity index (χ0n) is 8.90. The Labute approximate surface area is 94.2 Å². The topological polar surface area (TPSA) is 66.6 Å². The van der Waals surface area contributed by atoms with Crippen molar-refractivity contribution in [3.8, 4) is 0 Å². The van der Waals surface area contributed by atoms with Crippen LogP contribution in [0.25, 0.3) is 0 Å². The molecule has 0 spiro atoms. The van der Waals surface area contributed by atoms with E-state index in [2.05, 4.69) is 0 Å². The Balaban J connectivity index is 2.77. The molecule has 84 valence electrons. The van der Waals surface area contributed by atoms with Crippen LogP contribution in [0.3, 0.4) is 0 Å². The second kappa shape index (κ2) is 4.57. The molecule has 0 bridgehead atoms. The van der Waals surface area contributed by atoms with Gasteiger partial charge in [0.25, 0.3) is 0 Å². The van der Waals surface area contributed by atoms with E-state index >= 15 is 0 Å². The Morgan fingerprint density at radius 2 is 2.07 bits per heavy atom. The maximum absolute atomic E-state index is 11.7. The monoisotopic (exact) mass is 229 g/mol. The average molecular weight is 229 g/mol. The largest absolute Gasteiger partial charge is 0.392 e. The number of hydrogen-bond acceptors (Lipinski definition) is 3. The fourth-order valence-corrected chi connectivity index (χ4v) is 1.64. The predicted molar refractivity (Wildman–Crippen MR) is 60.2 cm³/mol. The fraction of sp³-hybridized carbons (Fsp3) is 0.667. The maximum atomic E-state index is 11.7. The highest BCUT2D eigenvalue weighted by atomic mass is 32.1. The first-order chi connectivity index (χ1) is 6.99. The third kappa shape index (κ3) is 2.26. The van der Waals surface area contributed by atoms with E-state index in [1.54, 1.807) is 6.92 Å². The molecular formula is C9H15N3O2S. The van der Waals surface area contributed by atoms with Crippen LogP contribution in [0.2, 0.25) is 0 Å². The van der Waals surface area contributed by atoms with E-state index in [0.29, 0.717) is 19.6 Å². The summed E-state index contributed by atoms with van der Waals surface area (Å²) in [5, 5.41) is 0. The van der Waals surface area contributed by atoms with Crippen LogP contribution < -0.4 is 5.73 Å². The van der Waals surface area contributed by atoms with Gasteiger partial charge in [-0.05, 0) is 13.8 Å². The third-order valence-corrected chi connectivity index (χ3v) is 2.94. The van der Waals surface area contributed by atoms with Crippen molar-refractivity contribution in [1.82, 2.24) is 9.80 Å². The van der Waals surface area contributed by atoms with Crippen molar-refractivity contribution in [1.29, 1.82) is 0 Å². The highest BCUT2D eigenvalue weighted by molar-refractivity contribution is 7.80. The number of carbonyl (C=O) groups is 2. The molecule has 1 rings (SSSR count). The number of nitrogens with zero attached hydrogens (tertiary/aromatic N) is 2. The minimum absolute atomic E-state index is 0.237. The quantitative estimate of drug-likeness (QED) is 0.516. The lowest BCUT2D eigenvalue weighted by molar-refractivity contribution is -0.156. The van der Waals surface area contributed by atoms with Crippen molar-refractivity contribution in [2.45, 2.75) is 19.9 Å². The number of piperazine rings is 1. The first-order valence-corrected chi connectivity index (χ1v) is 5.29. The molecule has 0 aromatic rings. The van der Waals surface area contributed by atoms with Crippen LogP contribution in [0.5, 0.6) is 0 Å². The molecule has 1 heterocycles. The zero-order chi connectivity index (χ0) is 11.6. The predicted octanol–water partition coefficient (Wildman–Crippen LogP) is -0.648. The van der Waals surface area contributed by atoms with E-state index in [-0.39, 0.29) is 11.0 Å². The number of amides is 2. The number of likely N-dealkylation sites (N-methyl/N-ethyl adjacent to an activating group) is 1. The van der Waals surface area contributed by atoms with Crippen LogP contribution in [0.15, 0.2) is 0 Å². The van der Waals surface area contributed by atoms with E-state index in [9.17, 15) is 9.59 Å². The van der Waals surface area contributed by atoms with Crippen LogP contribution >= 0.6 is 12.2 Å². The van der Waals surface area contributed by atoms with E-state index < -0.39 is 11.8 Å². The Kier molecular flexibility index (Phi) is 3.62. The van der Waals surface area contributed by atoms with Crippen LogP contribution in [0.4, 0.5) is 0 Å². The SMILES string of the molecule is CCN1CCN(C(C)C(N)=S)C(=O)C1=O. The second-order valence-corrected chi connectivity index (χ2v) is 3.93. The van der Waals surface area contributed by atoms with Crippen LogP contribution in [-0.2, 0) is 9.59 Å². The Morgan fingerprint density at radius 3 is 2.53 bits per heavy atom. The molecule has 6 heteroatoms. The Hall–Kier alpha value is -1.17. The fourth-order valence-electron chi connectivity index (χ4n) is 1.51. The van der Waals surface area contributed by atoms with Gasteiger partial charge in [0, 0.05) is 19.6 Å². The summed E-state index contributed by atoms with van der Waals surface area (Å²) in [6.45, 7) is 5.18. The number of hydrogen-bond donors (Lipinski definition) is 1. The van der Waals surface area contributed by atoms with Crippen molar-refractivity contribution in [3.63, 3.8) is 0 Å². The molecule has 0 radical (unpaired) electrons. The highest BCUT2D eigenvalue weighted by Gasteiger charge is 2.34. The first kappa shape index (κ1) is 11.9. The normalized spacial score (nSPS) is 19.3. The van der Waals surface area contributed by atoms with Crippen molar-refractivity contribution in [3.05, 3.63) is 0 Å². The summed E-state index contributed by atoms with van der Waals surface area (Å²) in [4.78, 5) is 26.4. The van der Waals surface area contributed by atoms with E-state index in [1.807, 2.05) is 6.92 Å². The standard InChI is InChI=1S/C9H15N3O2S/c1-3-11-4-5-12(6(2)7(10)15)9(14)8(11)13/h6H,3-5H2,1-2H3,(H2,10,15). The summed E-state index contributed by atoms with van der Waals surface area (Å²) in [7, 11) is 0. The van der Waals surface area contributed by atoms with Gasteiger partial charge in [0.2, 0.25) is 0 Å². The molecule has 1 fully saturated rings. The van der Waals surface area contributed by atoms with Crippen molar-refractivity contribution >= 4 is 29.0 Å². The highest BCUT2D eigenvalue weighted by Crippen LogP contribution is 2.09. The molecule has 5 nitrogen and oxygen atoms in total. The molecule has 0 aromatic heterocycles. The Bertz CT molecular complexity index is 306. The lowest BCUT2D eigenvalue weighted by atomic mass is 10.2. The molecule has 15 heavy (non-hydrogen) atoms. The molecular weight excluding hydrogens is 214 g/mol. The second-order valence-electron chi connectivity index (χ2n) is 3.46. The summed E-state index contributed by atoms with van der Waals surface area (Å²) < 4.78 is 0. The molecule has 0 aromatic carbocycles. The summed E-state index contributed by atoms with van der Waals surface area (Å²) in [5.41, 5.74) is 5.45. The lowest BCUT2D eigenvalue weighted by Gasteiger charge is -2.36. The van der Waals surface area contributed by atoms with Gasteiger partial charge in [0.1, 0.15) is 0 Å². The van der Waals surface area contributed by atoms with Gasteiger partial charge in [0.15, 0.2) is 0 Å². The number of thiocarbonyl (C=S) groups is 1. The number of rotatable bonds is 3. The summed E-state index contributed by atoms with van der Waals surface area (Å²) in [6, 6.07) is -0.351. The van der Waals surface area contributed by atoms with Crippen LogP contribution in [0, 0.1) is 0 Å². The zero-order valence-corrected chi connectivity index (χ0v) is 9.71. The summed E-state index contributed by atoms with van der Waals surface area (Å²) >= 11 is 4.81. The van der Waals surface area contributed by atoms with Crippen LogP contribution in [-0.4, -0.2) is 52.3 Å². The molecule has 2 amide bonds. The third-order valence-electron chi connectivity index (χ3n) is 2.60. The van der Waals surface area contributed by atoms with Gasteiger partial charge in [-0.1, -0.05) is 12.2 Å². The molecule has 2 N–H and O–H groups in total. The number of nitrogens with two attached hydrogens (primary N) is 1.